The quantitative estimate of drug-likeness (QED) is 0.0723. The fraction of sp³-hybridized carbons (Fsp3) is 0.824. The number of rotatable bonds is 20. The van der Waals surface area contributed by atoms with Gasteiger partial charge >= 0.3 is 27.7 Å². The van der Waals surface area contributed by atoms with E-state index in [-0.39, 0.29) is 73.1 Å². The molecule has 2 fully saturated rings. The molecule has 1 unspecified atom stereocenters. The van der Waals surface area contributed by atoms with E-state index in [0.29, 0.717) is 31.4 Å². The smallest absolute Gasteiger partial charge is 0.530 e. The third-order valence-electron chi connectivity index (χ3n) is 10.6. The van der Waals surface area contributed by atoms with Crippen molar-refractivity contribution in [2.24, 2.45) is 23.2 Å². The van der Waals surface area contributed by atoms with Crippen LogP contribution in [0.15, 0.2) is 18.2 Å². The molecule has 0 radical (unpaired) electrons. The maximum atomic E-state index is 13.5. The summed E-state index contributed by atoms with van der Waals surface area (Å²) >= 11 is -1.55. The van der Waals surface area contributed by atoms with Crippen LogP contribution in [0.1, 0.15) is 103 Å². The zero-order chi connectivity index (χ0) is 37.7. The van der Waals surface area contributed by atoms with Gasteiger partial charge < -0.3 is 9.08 Å². The second-order valence-electron chi connectivity index (χ2n) is 13.8. The van der Waals surface area contributed by atoms with Gasteiger partial charge in [0.2, 0.25) is 0 Å². The third kappa shape index (κ3) is 10.3. The minimum absolute atomic E-state index is 0.101. The first-order valence-electron chi connectivity index (χ1n) is 18.0. The first kappa shape index (κ1) is 43.0. The Morgan fingerprint density at radius 3 is 2.10 bits per heavy atom. The van der Waals surface area contributed by atoms with Crippen molar-refractivity contribution in [1.82, 2.24) is 0 Å². The van der Waals surface area contributed by atoms with Crippen molar-refractivity contribution in [2.75, 3.05) is 37.9 Å². The van der Waals surface area contributed by atoms with Gasteiger partial charge in [0.05, 0.1) is 32.5 Å². The molecule has 2 saturated carbocycles. The average molecular weight is 795 g/mol. The van der Waals surface area contributed by atoms with E-state index in [1.54, 1.807) is 33.8 Å². The second-order valence-corrected chi connectivity index (χ2v) is 18.7. The highest BCUT2D eigenvalue weighted by Crippen LogP contribution is 2.66. The van der Waals surface area contributed by atoms with Gasteiger partial charge in [-0.2, -0.15) is 22.0 Å². The van der Waals surface area contributed by atoms with E-state index >= 15 is 0 Å². The van der Waals surface area contributed by atoms with Crippen molar-refractivity contribution in [2.45, 2.75) is 117 Å². The van der Waals surface area contributed by atoms with E-state index in [4.69, 9.17) is 27.1 Å². The van der Waals surface area contributed by atoms with Crippen LogP contribution in [-0.2, 0) is 49.3 Å². The normalized spacial score (nSPS) is 27.5. The molecule has 0 aromatic heterocycles. The third-order valence-corrected chi connectivity index (χ3v) is 15.4. The van der Waals surface area contributed by atoms with Gasteiger partial charge in [-0.1, -0.05) is 24.2 Å². The number of phosphoric ester groups is 2. The Labute approximate surface area is 301 Å². The van der Waals surface area contributed by atoms with Gasteiger partial charge in [-0.15, -0.1) is 0 Å². The molecule has 17 heteroatoms. The molecular formula is C34H53F5O9P2S. The molecule has 0 amide bonds. The molecule has 0 saturated heterocycles. The lowest BCUT2D eigenvalue weighted by Crippen LogP contribution is -2.47. The van der Waals surface area contributed by atoms with Crippen LogP contribution in [0.25, 0.3) is 0 Å². The van der Waals surface area contributed by atoms with Gasteiger partial charge in [-0.05, 0) is 131 Å². The number of benzene rings is 1. The van der Waals surface area contributed by atoms with Gasteiger partial charge in [0.1, 0.15) is 17.3 Å². The van der Waals surface area contributed by atoms with Crippen LogP contribution in [0, 0.1) is 23.2 Å². The summed E-state index contributed by atoms with van der Waals surface area (Å²) in [6.45, 7) is 9.66. The van der Waals surface area contributed by atoms with E-state index in [1.807, 2.05) is 12.1 Å². The van der Waals surface area contributed by atoms with Crippen LogP contribution in [0.2, 0.25) is 0 Å². The molecule has 0 N–H and O–H groups in total. The molecule has 0 aliphatic heterocycles. The molecule has 4 rings (SSSR count). The second kappa shape index (κ2) is 17.8. The first-order valence-corrected chi connectivity index (χ1v) is 22.4. The largest absolute Gasteiger partial charge is 0.616 e. The number of phosphoric acid groups is 2. The predicted molar refractivity (Wildman–Crippen MR) is 184 cm³/mol. The highest BCUT2D eigenvalue weighted by atomic mass is 32.2. The lowest BCUT2D eigenvalue weighted by atomic mass is 9.52. The molecule has 0 spiro atoms. The Morgan fingerprint density at radius 1 is 0.882 bits per heavy atom. The summed E-state index contributed by atoms with van der Waals surface area (Å²) in [7, 11) is -7.61. The molecule has 7 atom stereocenters. The Kier molecular flexibility index (Phi) is 15.0. The molecule has 1 aromatic carbocycles. The van der Waals surface area contributed by atoms with Gasteiger partial charge in [0, 0.05) is 6.42 Å². The lowest BCUT2D eigenvalue weighted by Gasteiger charge is -2.53. The van der Waals surface area contributed by atoms with E-state index < -0.39 is 51.8 Å². The van der Waals surface area contributed by atoms with Crippen molar-refractivity contribution >= 4 is 26.8 Å². The number of alkyl halides is 5. The number of fused-ring (bicyclic) bond motifs is 5. The Morgan fingerprint density at radius 2 is 1.49 bits per heavy atom. The molecule has 9 nitrogen and oxygen atoms in total. The summed E-state index contributed by atoms with van der Waals surface area (Å²) in [5.74, 6) is -3.85. The van der Waals surface area contributed by atoms with Crippen LogP contribution in [0.4, 0.5) is 22.0 Å². The summed E-state index contributed by atoms with van der Waals surface area (Å²) in [4.78, 5) is 0. The van der Waals surface area contributed by atoms with E-state index in [2.05, 4.69) is 6.92 Å². The summed E-state index contributed by atoms with van der Waals surface area (Å²) in [6.07, 6.45) is -2.93. The molecule has 3 aliphatic rings. The minimum Gasteiger partial charge on any atom is -0.616 e. The lowest BCUT2D eigenvalue weighted by molar-refractivity contribution is -0.284. The maximum absolute atomic E-state index is 13.5. The molecule has 1 aromatic rings. The van der Waals surface area contributed by atoms with Crippen LogP contribution in [0.3, 0.4) is 0 Å². The molecular weight excluding hydrogens is 741 g/mol. The van der Waals surface area contributed by atoms with Crippen LogP contribution < -0.4 is 4.52 Å². The molecule has 3 aliphatic carbocycles. The SMILES string of the molecule is CCOP(=O)(OCC)Oc1ccc2c(c1)C[C@@H](CCC[S+]([O-])CCCC(F)(F)C(F)(F)F)[C@@H]1[C@@H]2CC[C@]2(C)[C@@H](OP(=O)(OCC)OCC)CC[C@@H]12. The predicted octanol–water partition coefficient (Wildman–Crippen LogP) is 10.4. The zero-order valence-corrected chi connectivity index (χ0v) is 32.7. The number of hydrogen-bond acceptors (Lipinski definition) is 9. The van der Waals surface area contributed by atoms with E-state index in [1.165, 1.54) is 5.56 Å². The van der Waals surface area contributed by atoms with Gasteiger partial charge in [-0.25, -0.2) is 9.13 Å². The minimum atomic E-state index is -5.63. The summed E-state index contributed by atoms with van der Waals surface area (Å²) in [5.41, 5.74) is 1.87. The first-order chi connectivity index (χ1) is 23.9. The monoisotopic (exact) mass is 794 g/mol. The van der Waals surface area contributed by atoms with E-state index in [0.717, 1.165) is 24.8 Å². The topological polar surface area (TPSA) is 113 Å². The van der Waals surface area contributed by atoms with Crippen molar-refractivity contribution in [3.63, 3.8) is 0 Å². The van der Waals surface area contributed by atoms with Gasteiger partial charge in [0.25, 0.3) is 0 Å². The van der Waals surface area contributed by atoms with Crippen molar-refractivity contribution in [1.29, 1.82) is 0 Å². The summed E-state index contributed by atoms with van der Waals surface area (Å²) < 4.78 is 137. The fourth-order valence-corrected chi connectivity index (χ4v) is 12.4. The number of hydrogen-bond donors (Lipinski definition) is 0. The maximum Gasteiger partial charge on any atom is 0.530 e. The van der Waals surface area contributed by atoms with Crippen LogP contribution in [0.5, 0.6) is 5.75 Å². The zero-order valence-electron chi connectivity index (χ0n) is 30.1. The standard InChI is InChI=1S/C34H53F5O9P2S/c1-6-43-49(40,44-7-2)47-26-13-14-27-25(23-26)22-24(12-10-20-51(42)21-11-18-33(35,36)34(37,38)39)31-28(27)17-19-32(5)29(31)15-16-30(32)48-50(41,45-8-3)46-9-4/h13-14,23-24,28-31H,6-12,15-22H2,1-5H3/t24-,28-,29+,30+,31-,32+,51?/m1/s1. The fourth-order valence-electron chi connectivity index (χ4n) is 8.54. The van der Waals surface area contributed by atoms with Gasteiger partial charge in [-0.3, -0.25) is 22.6 Å². The van der Waals surface area contributed by atoms with Crippen LogP contribution >= 0.6 is 15.6 Å². The Bertz CT molecular complexity index is 1370. The summed E-state index contributed by atoms with van der Waals surface area (Å²) in [5, 5.41) is 0. The van der Waals surface area contributed by atoms with Crippen LogP contribution in [-0.4, -0.2) is 60.7 Å². The molecule has 294 valence electrons. The highest BCUT2D eigenvalue weighted by Gasteiger charge is 2.59. The molecule has 51 heavy (non-hydrogen) atoms. The van der Waals surface area contributed by atoms with Gasteiger partial charge in [0.15, 0.2) is 0 Å². The highest BCUT2D eigenvalue weighted by molar-refractivity contribution is 7.91. The van der Waals surface area contributed by atoms with Crippen molar-refractivity contribution in [3.8, 4) is 5.75 Å². The van der Waals surface area contributed by atoms with E-state index in [9.17, 15) is 35.6 Å². The van der Waals surface area contributed by atoms with Crippen molar-refractivity contribution in [3.05, 3.63) is 29.3 Å². The van der Waals surface area contributed by atoms with Crippen molar-refractivity contribution < 1.29 is 62.8 Å². The number of halogens is 5. The Balaban J connectivity index is 1.55. The molecule has 0 heterocycles. The summed E-state index contributed by atoms with van der Waals surface area (Å²) in [6, 6.07) is 5.66. The average Bonchev–Trinajstić information content (AvgIpc) is 3.35. The molecule has 0 bridgehead atoms. The Hall–Kier alpha value is -0.760.